The summed E-state index contributed by atoms with van der Waals surface area (Å²) in [7, 11) is 1.62. The summed E-state index contributed by atoms with van der Waals surface area (Å²) in [6, 6.07) is 3.88. The van der Waals surface area contributed by atoms with Gasteiger partial charge in [-0.2, -0.15) is 0 Å². The normalized spacial score (nSPS) is 9.50. The summed E-state index contributed by atoms with van der Waals surface area (Å²) < 4.78 is 5.17. The molecule has 0 radical (unpaired) electrons. The topological polar surface area (TPSA) is 81.3 Å². The van der Waals surface area contributed by atoms with Crippen molar-refractivity contribution in [2.45, 2.75) is 13.3 Å². The SMILES string of the molecule is CCO.COc1ncccc1Cc1cnc(N)s1. The van der Waals surface area contributed by atoms with Crippen LogP contribution in [0.3, 0.4) is 0 Å². The first kappa shape index (κ1) is 14.4. The van der Waals surface area contributed by atoms with Gasteiger partial charge in [-0.25, -0.2) is 9.97 Å². The molecule has 0 spiro atoms. The molecule has 2 aromatic heterocycles. The molecule has 0 fully saturated rings. The van der Waals surface area contributed by atoms with E-state index in [0.717, 1.165) is 16.9 Å². The van der Waals surface area contributed by atoms with Gasteiger partial charge in [0.1, 0.15) is 0 Å². The van der Waals surface area contributed by atoms with Gasteiger partial charge in [0.2, 0.25) is 5.88 Å². The summed E-state index contributed by atoms with van der Waals surface area (Å²) in [4.78, 5) is 9.24. The standard InChI is InChI=1S/C10H11N3OS.C2H6O/c1-14-9-7(3-2-4-12-9)5-8-6-13-10(11)15-8;1-2-3/h2-4,6H,5H2,1H3,(H2,11,13);3H,2H2,1H3. The van der Waals surface area contributed by atoms with E-state index in [9.17, 15) is 0 Å². The van der Waals surface area contributed by atoms with Gasteiger partial charge in [0.05, 0.1) is 7.11 Å². The first-order chi connectivity index (χ1) is 8.71. The van der Waals surface area contributed by atoms with Crippen molar-refractivity contribution in [1.29, 1.82) is 0 Å². The second kappa shape index (κ2) is 7.62. The van der Waals surface area contributed by atoms with Crippen LogP contribution in [0.4, 0.5) is 5.13 Å². The number of thiazole rings is 1. The number of aliphatic hydroxyl groups excluding tert-OH is 1. The van der Waals surface area contributed by atoms with Crippen molar-refractivity contribution in [3.63, 3.8) is 0 Å². The molecule has 5 nitrogen and oxygen atoms in total. The smallest absolute Gasteiger partial charge is 0.216 e. The number of methoxy groups -OCH3 is 1. The van der Waals surface area contributed by atoms with Crippen LogP contribution in [-0.4, -0.2) is 28.8 Å². The number of pyridine rings is 1. The number of nitrogens with two attached hydrogens (primary N) is 1. The fourth-order valence-electron chi connectivity index (χ4n) is 1.33. The quantitative estimate of drug-likeness (QED) is 0.885. The minimum Gasteiger partial charge on any atom is -0.481 e. The number of hydrogen-bond acceptors (Lipinski definition) is 6. The molecule has 0 aliphatic carbocycles. The molecule has 0 saturated carbocycles. The molecular formula is C12H17N3O2S. The van der Waals surface area contributed by atoms with Gasteiger partial charge in [0.25, 0.3) is 0 Å². The van der Waals surface area contributed by atoms with Crippen molar-refractivity contribution in [1.82, 2.24) is 9.97 Å². The zero-order valence-corrected chi connectivity index (χ0v) is 11.3. The number of nitrogens with zero attached hydrogens (tertiary/aromatic N) is 2. The van der Waals surface area contributed by atoms with E-state index >= 15 is 0 Å². The van der Waals surface area contributed by atoms with Gasteiger partial charge in [0, 0.05) is 35.9 Å². The predicted octanol–water partition coefficient (Wildman–Crippen LogP) is 1.72. The molecular weight excluding hydrogens is 250 g/mol. The van der Waals surface area contributed by atoms with E-state index < -0.39 is 0 Å². The Morgan fingerprint density at radius 3 is 2.72 bits per heavy atom. The van der Waals surface area contributed by atoms with Crippen molar-refractivity contribution in [2.75, 3.05) is 19.5 Å². The zero-order chi connectivity index (χ0) is 13.4. The van der Waals surface area contributed by atoms with E-state index in [-0.39, 0.29) is 6.61 Å². The minimum atomic E-state index is 0.250. The van der Waals surface area contributed by atoms with E-state index in [0.29, 0.717) is 11.0 Å². The Bertz CT molecular complexity index is 474. The number of rotatable bonds is 3. The average Bonchev–Trinajstić information content (AvgIpc) is 2.76. The molecule has 0 atom stereocenters. The molecule has 3 N–H and O–H groups in total. The number of nitrogen functional groups attached to an aromatic ring is 1. The van der Waals surface area contributed by atoms with Gasteiger partial charge >= 0.3 is 0 Å². The van der Waals surface area contributed by atoms with Gasteiger partial charge in [-0.1, -0.05) is 6.07 Å². The van der Waals surface area contributed by atoms with Gasteiger partial charge in [-0.3, -0.25) is 0 Å². The van der Waals surface area contributed by atoms with Crippen LogP contribution in [0.15, 0.2) is 24.5 Å². The molecule has 6 heteroatoms. The molecule has 2 rings (SSSR count). The summed E-state index contributed by atoms with van der Waals surface area (Å²) in [6.07, 6.45) is 4.25. The van der Waals surface area contributed by atoms with Gasteiger partial charge < -0.3 is 15.6 Å². The van der Waals surface area contributed by atoms with Crippen molar-refractivity contribution in [2.24, 2.45) is 0 Å². The third kappa shape index (κ3) is 4.31. The highest BCUT2D eigenvalue weighted by Gasteiger charge is 2.06. The van der Waals surface area contributed by atoms with Crippen LogP contribution in [0.1, 0.15) is 17.4 Å². The lowest BCUT2D eigenvalue weighted by atomic mass is 10.2. The summed E-state index contributed by atoms with van der Waals surface area (Å²) in [5.41, 5.74) is 6.61. The highest BCUT2D eigenvalue weighted by Crippen LogP contribution is 2.22. The molecule has 0 aliphatic rings. The van der Waals surface area contributed by atoms with Crippen LogP contribution < -0.4 is 10.5 Å². The van der Waals surface area contributed by atoms with E-state index in [1.807, 2.05) is 12.1 Å². The molecule has 2 heterocycles. The van der Waals surface area contributed by atoms with Crippen LogP contribution in [0.5, 0.6) is 5.88 Å². The van der Waals surface area contributed by atoms with Crippen molar-refractivity contribution < 1.29 is 9.84 Å². The lowest BCUT2D eigenvalue weighted by molar-refractivity contribution is 0.318. The fraction of sp³-hybridized carbons (Fsp3) is 0.333. The molecule has 2 aromatic rings. The Kier molecular flexibility index (Phi) is 6.10. The number of aliphatic hydroxyl groups is 1. The Balaban J connectivity index is 0.000000492. The Morgan fingerprint density at radius 2 is 2.17 bits per heavy atom. The van der Waals surface area contributed by atoms with Crippen LogP contribution in [0.25, 0.3) is 0 Å². The molecule has 0 aromatic carbocycles. The fourth-order valence-corrected chi connectivity index (χ4v) is 2.04. The number of anilines is 1. The molecule has 0 amide bonds. The minimum absolute atomic E-state index is 0.250. The average molecular weight is 267 g/mol. The number of ether oxygens (including phenoxy) is 1. The van der Waals surface area contributed by atoms with E-state index in [2.05, 4.69) is 9.97 Å². The van der Waals surface area contributed by atoms with Crippen LogP contribution >= 0.6 is 11.3 Å². The highest BCUT2D eigenvalue weighted by molar-refractivity contribution is 7.15. The molecule has 0 bridgehead atoms. The highest BCUT2D eigenvalue weighted by atomic mass is 32.1. The predicted molar refractivity (Wildman–Crippen MR) is 72.9 cm³/mol. The maximum absolute atomic E-state index is 7.57. The van der Waals surface area contributed by atoms with Crippen molar-refractivity contribution in [3.8, 4) is 5.88 Å². The van der Waals surface area contributed by atoms with Gasteiger partial charge in [-0.15, -0.1) is 11.3 Å². The maximum Gasteiger partial charge on any atom is 0.216 e. The first-order valence-corrected chi connectivity index (χ1v) is 6.31. The molecule has 18 heavy (non-hydrogen) atoms. The largest absolute Gasteiger partial charge is 0.481 e. The molecule has 0 aliphatic heterocycles. The Hall–Kier alpha value is -1.66. The third-order valence-electron chi connectivity index (χ3n) is 1.98. The molecule has 0 unspecified atom stereocenters. The number of aromatic nitrogens is 2. The van der Waals surface area contributed by atoms with E-state index in [1.165, 1.54) is 11.3 Å². The third-order valence-corrected chi connectivity index (χ3v) is 2.81. The summed E-state index contributed by atoms with van der Waals surface area (Å²) in [5.74, 6) is 0.657. The summed E-state index contributed by atoms with van der Waals surface area (Å²) in [6.45, 7) is 1.93. The Morgan fingerprint density at radius 1 is 1.44 bits per heavy atom. The Labute approximate surface area is 110 Å². The second-order valence-electron chi connectivity index (χ2n) is 3.33. The van der Waals surface area contributed by atoms with Crippen molar-refractivity contribution >= 4 is 16.5 Å². The zero-order valence-electron chi connectivity index (χ0n) is 10.5. The van der Waals surface area contributed by atoms with E-state index in [1.54, 1.807) is 26.4 Å². The summed E-state index contributed by atoms with van der Waals surface area (Å²) >= 11 is 1.49. The van der Waals surface area contributed by atoms with E-state index in [4.69, 9.17) is 15.6 Å². The van der Waals surface area contributed by atoms with Crippen LogP contribution in [0, 0.1) is 0 Å². The van der Waals surface area contributed by atoms with Crippen LogP contribution in [-0.2, 0) is 6.42 Å². The first-order valence-electron chi connectivity index (χ1n) is 5.50. The lowest BCUT2D eigenvalue weighted by Gasteiger charge is -2.04. The molecule has 0 saturated heterocycles. The lowest BCUT2D eigenvalue weighted by Crippen LogP contribution is -1.94. The maximum atomic E-state index is 7.57. The molecule has 98 valence electrons. The van der Waals surface area contributed by atoms with Crippen LogP contribution in [0.2, 0.25) is 0 Å². The monoisotopic (exact) mass is 267 g/mol. The van der Waals surface area contributed by atoms with Gasteiger partial charge in [-0.05, 0) is 13.0 Å². The summed E-state index contributed by atoms with van der Waals surface area (Å²) in [5, 5.41) is 8.16. The van der Waals surface area contributed by atoms with Gasteiger partial charge in [0.15, 0.2) is 5.13 Å². The second-order valence-corrected chi connectivity index (χ2v) is 4.48. The van der Waals surface area contributed by atoms with Crippen molar-refractivity contribution in [3.05, 3.63) is 35.0 Å². The number of hydrogen-bond donors (Lipinski definition) is 2.